The standard InChI is InChI=1S/C22H21N3O2/c26-20(24-15-19-13-7-8-14-23-19)16-25-22(27)21(17-9-3-1-4-10-17)18-11-5-2-6-12-18/h1-14,21H,15-16H2,(H,24,26)(H,25,27). The van der Waals surface area contributed by atoms with Crippen molar-refractivity contribution in [3.8, 4) is 0 Å². The first-order chi connectivity index (χ1) is 13.2. The van der Waals surface area contributed by atoms with Gasteiger partial charge in [-0.1, -0.05) is 66.7 Å². The molecule has 0 aliphatic carbocycles. The van der Waals surface area contributed by atoms with E-state index in [1.165, 1.54) is 0 Å². The van der Waals surface area contributed by atoms with Gasteiger partial charge in [0.05, 0.1) is 24.7 Å². The average molecular weight is 359 g/mol. The molecule has 0 fully saturated rings. The lowest BCUT2D eigenvalue weighted by Gasteiger charge is -2.17. The second-order valence-corrected chi connectivity index (χ2v) is 6.07. The molecule has 1 heterocycles. The number of carbonyl (C=O) groups is 2. The number of amides is 2. The van der Waals surface area contributed by atoms with Crippen LogP contribution in [0, 0.1) is 0 Å². The fourth-order valence-corrected chi connectivity index (χ4v) is 2.81. The lowest BCUT2D eigenvalue weighted by Crippen LogP contribution is -2.39. The van der Waals surface area contributed by atoms with E-state index in [0.717, 1.165) is 16.8 Å². The number of carbonyl (C=O) groups excluding carboxylic acids is 2. The normalized spacial score (nSPS) is 10.4. The van der Waals surface area contributed by atoms with E-state index in [9.17, 15) is 9.59 Å². The van der Waals surface area contributed by atoms with Gasteiger partial charge in [-0.05, 0) is 23.3 Å². The molecule has 27 heavy (non-hydrogen) atoms. The van der Waals surface area contributed by atoms with Gasteiger partial charge in [0.15, 0.2) is 0 Å². The van der Waals surface area contributed by atoms with E-state index in [-0.39, 0.29) is 18.4 Å². The van der Waals surface area contributed by atoms with Crippen LogP contribution in [0.15, 0.2) is 85.1 Å². The van der Waals surface area contributed by atoms with E-state index in [1.54, 1.807) is 6.20 Å². The van der Waals surface area contributed by atoms with Crippen molar-refractivity contribution >= 4 is 11.8 Å². The molecule has 3 aromatic rings. The summed E-state index contributed by atoms with van der Waals surface area (Å²) in [7, 11) is 0. The minimum Gasteiger partial charge on any atom is -0.349 e. The van der Waals surface area contributed by atoms with Crippen LogP contribution in [-0.4, -0.2) is 23.3 Å². The molecule has 0 radical (unpaired) electrons. The van der Waals surface area contributed by atoms with Crippen LogP contribution in [-0.2, 0) is 16.1 Å². The van der Waals surface area contributed by atoms with Crippen LogP contribution >= 0.6 is 0 Å². The van der Waals surface area contributed by atoms with Crippen molar-refractivity contribution < 1.29 is 9.59 Å². The zero-order valence-electron chi connectivity index (χ0n) is 14.8. The maximum atomic E-state index is 12.8. The van der Waals surface area contributed by atoms with E-state index in [2.05, 4.69) is 15.6 Å². The monoisotopic (exact) mass is 359 g/mol. The zero-order chi connectivity index (χ0) is 18.9. The first-order valence-electron chi connectivity index (χ1n) is 8.78. The molecule has 136 valence electrons. The summed E-state index contributed by atoms with van der Waals surface area (Å²) in [5, 5.41) is 5.50. The second kappa shape index (κ2) is 9.29. The molecule has 0 saturated heterocycles. The molecule has 5 nitrogen and oxygen atoms in total. The minimum atomic E-state index is -0.462. The van der Waals surface area contributed by atoms with Gasteiger partial charge in [-0.15, -0.1) is 0 Å². The minimum absolute atomic E-state index is 0.0815. The molecule has 2 N–H and O–H groups in total. The van der Waals surface area contributed by atoms with Crippen LogP contribution in [0.4, 0.5) is 0 Å². The van der Waals surface area contributed by atoms with Gasteiger partial charge in [-0.3, -0.25) is 14.6 Å². The zero-order valence-corrected chi connectivity index (χ0v) is 14.8. The van der Waals surface area contributed by atoms with E-state index in [1.807, 2.05) is 78.9 Å². The summed E-state index contributed by atoms with van der Waals surface area (Å²) in [6.45, 7) is 0.248. The second-order valence-electron chi connectivity index (χ2n) is 6.07. The van der Waals surface area contributed by atoms with E-state index in [4.69, 9.17) is 0 Å². The van der Waals surface area contributed by atoms with Crippen molar-refractivity contribution in [3.05, 3.63) is 102 Å². The van der Waals surface area contributed by atoms with Crippen LogP contribution in [0.3, 0.4) is 0 Å². The maximum absolute atomic E-state index is 12.8. The number of nitrogens with zero attached hydrogens (tertiary/aromatic N) is 1. The maximum Gasteiger partial charge on any atom is 0.239 e. The SMILES string of the molecule is O=C(CNC(=O)C(c1ccccc1)c1ccccc1)NCc1ccccn1. The predicted octanol–water partition coefficient (Wildman–Crippen LogP) is 2.65. The summed E-state index contributed by atoms with van der Waals surface area (Å²) in [5.41, 5.74) is 2.54. The Morgan fingerprint density at radius 2 is 1.37 bits per heavy atom. The Morgan fingerprint density at radius 1 is 0.778 bits per heavy atom. The molecule has 0 atom stereocenters. The molecule has 0 aliphatic rings. The van der Waals surface area contributed by atoms with Crippen molar-refractivity contribution in [1.29, 1.82) is 0 Å². The van der Waals surface area contributed by atoms with Gasteiger partial charge in [-0.2, -0.15) is 0 Å². The highest BCUT2D eigenvalue weighted by atomic mass is 16.2. The average Bonchev–Trinajstić information content (AvgIpc) is 2.73. The summed E-state index contributed by atoms with van der Waals surface area (Å²) in [6.07, 6.45) is 1.67. The lowest BCUT2D eigenvalue weighted by molar-refractivity contribution is -0.126. The van der Waals surface area contributed by atoms with Gasteiger partial charge in [0, 0.05) is 6.20 Å². The summed E-state index contributed by atoms with van der Waals surface area (Å²) >= 11 is 0. The van der Waals surface area contributed by atoms with Gasteiger partial charge in [-0.25, -0.2) is 0 Å². The van der Waals surface area contributed by atoms with E-state index >= 15 is 0 Å². The number of nitrogens with one attached hydrogen (secondary N) is 2. The third kappa shape index (κ3) is 5.25. The molecule has 0 spiro atoms. The fraction of sp³-hybridized carbons (Fsp3) is 0.136. The number of hydrogen-bond donors (Lipinski definition) is 2. The van der Waals surface area contributed by atoms with Crippen LogP contribution in [0.5, 0.6) is 0 Å². The largest absolute Gasteiger partial charge is 0.349 e. The highest BCUT2D eigenvalue weighted by Gasteiger charge is 2.22. The van der Waals surface area contributed by atoms with Crippen LogP contribution in [0.25, 0.3) is 0 Å². The van der Waals surface area contributed by atoms with Crippen molar-refractivity contribution in [1.82, 2.24) is 15.6 Å². The molecule has 0 unspecified atom stereocenters. The number of aromatic nitrogens is 1. The van der Waals surface area contributed by atoms with Crippen LogP contribution in [0.2, 0.25) is 0 Å². The van der Waals surface area contributed by atoms with Gasteiger partial charge in [0.1, 0.15) is 0 Å². The molecule has 0 aliphatic heterocycles. The Kier molecular flexibility index (Phi) is 6.30. The van der Waals surface area contributed by atoms with E-state index in [0.29, 0.717) is 6.54 Å². The third-order valence-electron chi connectivity index (χ3n) is 4.14. The lowest BCUT2D eigenvalue weighted by atomic mass is 9.90. The topological polar surface area (TPSA) is 71.1 Å². The molecule has 5 heteroatoms. The summed E-state index contributed by atoms with van der Waals surface area (Å²) in [4.78, 5) is 29.0. The number of hydrogen-bond acceptors (Lipinski definition) is 3. The molecule has 2 amide bonds. The Hall–Kier alpha value is -3.47. The third-order valence-corrected chi connectivity index (χ3v) is 4.14. The van der Waals surface area contributed by atoms with Crippen molar-refractivity contribution in [3.63, 3.8) is 0 Å². The molecule has 0 saturated carbocycles. The molecular formula is C22H21N3O2. The smallest absolute Gasteiger partial charge is 0.239 e. The van der Waals surface area contributed by atoms with Crippen molar-refractivity contribution in [2.24, 2.45) is 0 Å². The predicted molar refractivity (Wildman–Crippen MR) is 104 cm³/mol. The summed E-state index contributed by atoms with van der Waals surface area (Å²) < 4.78 is 0. The quantitative estimate of drug-likeness (QED) is 0.681. The highest BCUT2D eigenvalue weighted by Crippen LogP contribution is 2.24. The first kappa shape index (κ1) is 18.3. The summed E-state index contributed by atoms with van der Waals surface area (Å²) in [5.74, 6) is -0.926. The van der Waals surface area contributed by atoms with Gasteiger partial charge >= 0.3 is 0 Å². The van der Waals surface area contributed by atoms with Gasteiger partial charge in [0.25, 0.3) is 0 Å². The molecule has 0 bridgehead atoms. The molecule has 1 aromatic heterocycles. The van der Waals surface area contributed by atoms with Crippen LogP contribution in [0.1, 0.15) is 22.7 Å². The Bertz CT molecular complexity index is 828. The van der Waals surface area contributed by atoms with Crippen LogP contribution < -0.4 is 10.6 Å². The summed E-state index contributed by atoms with van der Waals surface area (Å²) in [6, 6.07) is 24.6. The molecule has 2 aromatic carbocycles. The Balaban J connectivity index is 1.62. The Labute approximate surface area is 158 Å². The number of benzene rings is 2. The fourth-order valence-electron chi connectivity index (χ4n) is 2.81. The van der Waals surface area contributed by atoms with E-state index < -0.39 is 5.92 Å². The molecule has 3 rings (SSSR count). The first-order valence-corrected chi connectivity index (χ1v) is 8.78. The number of pyridine rings is 1. The van der Waals surface area contributed by atoms with Gasteiger partial charge < -0.3 is 10.6 Å². The molecular weight excluding hydrogens is 338 g/mol. The van der Waals surface area contributed by atoms with Crippen molar-refractivity contribution in [2.75, 3.05) is 6.54 Å². The van der Waals surface area contributed by atoms with Gasteiger partial charge in [0.2, 0.25) is 11.8 Å². The number of rotatable bonds is 7. The Morgan fingerprint density at radius 3 is 1.93 bits per heavy atom. The highest BCUT2D eigenvalue weighted by molar-refractivity contribution is 5.90. The van der Waals surface area contributed by atoms with Crippen molar-refractivity contribution in [2.45, 2.75) is 12.5 Å².